The van der Waals surface area contributed by atoms with Gasteiger partial charge in [-0.25, -0.2) is 14.4 Å². The fraction of sp³-hybridized carbons (Fsp3) is 0.292. The Morgan fingerprint density at radius 2 is 1.79 bits per heavy atom. The van der Waals surface area contributed by atoms with Crippen LogP contribution in [0.15, 0.2) is 59.8 Å². The molecular formula is C24H27ClN4O4. The molecule has 174 valence electrons. The van der Waals surface area contributed by atoms with Crippen molar-refractivity contribution in [3.8, 4) is 0 Å². The smallest absolute Gasteiger partial charge is 0.338 e. The minimum Gasteiger partial charge on any atom is -0.463 e. The molecule has 0 unspecified atom stereocenters. The average Bonchev–Trinajstić information content (AvgIpc) is 2.77. The summed E-state index contributed by atoms with van der Waals surface area (Å²) in [6, 6.07) is 12.4. The van der Waals surface area contributed by atoms with Crippen LogP contribution in [0.1, 0.15) is 38.8 Å². The van der Waals surface area contributed by atoms with Crippen LogP contribution < -0.4 is 16.0 Å². The van der Waals surface area contributed by atoms with Crippen molar-refractivity contribution in [1.29, 1.82) is 0 Å². The number of anilines is 2. The fourth-order valence-electron chi connectivity index (χ4n) is 3.62. The van der Waals surface area contributed by atoms with Gasteiger partial charge in [-0.15, -0.1) is 0 Å². The fourth-order valence-corrected chi connectivity index (χ4v) is 3.81. The number of hydrogen-bond donors (Lipinski definition) is 3. The molecule has 0 fully saturated rings. The molecule has 0 aliphatic carbocycles. The van der Waals surface area contributed by atoms with Crippen LogP contribution >= 0.6 is 11.6 Å². The zero-order valence-corrected chi connectivity index (χ0v) is 19.5. The molecule has 0 radical (unpaired) electrons. The lowest BCUT2D eigenvalue weighted by atomic mass is 9.94. The number of hydrogen-bond acceptors (Lipinski definition) is 4. The highest BCUT2D eigenvalue weighted by atomic mass is 35.5. The number of halogens is 1. The van der Waals surface area contributed by atoms with E-state index in [4.69, 9.17) is 16.3 Å². The van der Waals surface area contributed by atoms with Gasteiger partial charge in [0.2, 0.25) is 0 Å². The average molecular weight is 471 g/mol. The maximum atomic E-state index is 12.7. The van der Waals surface area contributed by atoms with E-state index in [1.807, 2.05) is 6.92 Å². The van der Waals surface area contributed by atoms with E-state index in [1.54, 1.807) is 67.3 Å². The van der Waals surface area contributed by atoms with E-state index in [2.05, 4.69) is 16.0 Å². The highest BCUT2D eigenvalue weighted by molar-refractivity contribution is 6.30. The van der Waals surface area contributed by atoms with Gasteiger partial charge in [0.25, 0.3) is 0 Å². The molecule has 4 amide bonds. The highest BCUT2D eigenvalue weighted by Gasteiger charge is 2.36. The van der Waals surface area contributed by atoms with Gasteiger partial charge in [-0.05, 0) is 56.2 Å². The number of ether oxygens (including phenoxy) is 1. The van der Waals surface area contributed by atoms with Gasteiger partial charge < -0.3 is 20.7 Å². The van der Waals surface area contributed by atoms with Crippen LogP contribution in [0.25, 0.3) is 0 Å². The molecular weight excluding hydrogens is 444 g/mol. The summed E-state index contributed by atoms with van der Waals surface area (Å²) < 4.78 is 5.26. The van der Waals surface area contributed by atoms with Gasteiger partial charge in [0, 0.05) is 28.6 Å². The third kappa shape index (κ3) is 5.84. The van der Waals surface area contributed by atoms with Crippen LogP contribution in [-0.4, -0.2) is 36.1 Å². The molecule has 0 saturated carbocycles. The third-order valence-electron chi connectivity index (χ3n) is 5.12. The van der Waals surface area contributed by atoms with E-state index in [1.165, 1.54) is 0 Å². The number of nitrogens with one attached hydrogen (secondary N) is 3. The van der Waals surface area contributed by atoms with Crippen molar-refractivity contribution in [1.82, 2.24) is 10.2 Å². The minimum absolute atomic E-state index is 0.231. The molecule has 2 aromatic rings. The van der Waals surface area contributed by atoms with Gasteiger partial charge in [0.05, 0.1) is 18.2 Å². The number of amides is 4. The summed E-state index contributed by atoms with van der Waals surface area (Å²) >= 11 is 5.94. The Morgan fingerprint density at radius 1 is 1.09 bits per heavy atom. The standard InChI is InChI=1S/C24H27ClN4O4/c1-4-13-29-15(3)20(22(30)33-5-2)21(28-24(29)32)16-9-11-18(12-10-16)26-23(31)27-19-8-6-7-17(25)14-19/h6-12,14,21H,4-5,13H2,1-3H3,(H,28,32)(H2,26,27,31)/t21-/m0/s1. The summed E-state index contributed by atoms with van der Waals surface area (Å²) in [4.78, 5) is 39.2. The summed E-state index contributed by atoms with van der Waals surface area (Å²) in [6.45, 7) is 6.18. The number of carbonyl (C=O) groups is 3. The zero-order valence-electron chi connectivity index (χ0n) is 18.8. The van der Waals surface area contributed by atoms with E-state index in [-0.39, 0.29) is 12.6 Å². The summed E-state index contributed by atoms with van der Waals surface area (Å²) in [7, 11) is 0. The topological polar surface area (TPSA) is 99.8 Å². The highest BCUT2D eigenvalue weighted by Crippen LogP contribution is 2.32. The molecule has 1 aliphatic rings. The predicted octanol–water partition coefficient (Wildman–Crippen LogP) is 5.30. The maximum absolute atomic E-state index is 12.7. The number of allylic oxidation sites excluding steroid dienone is 1. The molecule has 2 aromatic carbocycles. The Morgan fingerprint density at radius 3 is 2.42 bits per heavy atom. The summed E-state index contributed by atoms with van der Waals surface area (Å²) in [5.41, 5.74) is 2.78. The first-order valence-electron chi connectivity index (χ1n) is 10.7. The maximum Gasteiger partial charge on any atom is 0.338 e. The lowest BCUT2D eigenvalue weighted by molar-refractivity contribution is -0.139. The zero-order chi connectivity index (χ0) is 24.0. The minimum atomic E-state index is -0.654. The van der Waals surface area contributed by atoms with Crippen LogP contribution in [0.4, 0.5) is 21.0 Å². The second-order valence-electron chi connectivity index (χ2n) is 7.47. The molecule has 0 saturated heterocycles. The van der Waals surface area contributed by atoms with Gasteiger partial charge in [-0.2, -0.15) is 0 Å². The molecule has 1 heterocycles. The summed E-state index contributed by atoms with van der Waals surface area (Å²) in [5.74, 6) is -0.468. The molecule has 0 bridgehead atoms. The van der Waals surface area contributed by atoms with Crippen LogP contribution in [0.2, 0.25) is 5.02 Å². The summed E-state index contributed by atoms with van der Waals surface area (Å²) in [5, 5.41) is 8.87. The molecule has 1 atom stereocenters. The first-order valence-corrected chi connectivity index (χ1v) is 11.1. The van der Waals surface area contributed by atoms with Crippen molar-refractivity contribution < 1.29 is 19.1 Å². The third-order valence-corrected chi connectivity index (χ3v) is 5.36. The van der Waals surface area contributed by atoms with E-state index >= 15 is 0 Å². The van der Waals surface area contributed by atoms with Crippen molar-refractivity contribution in [3.05, 3.63) is 70.4 Å². The number of benzene rings is 2. The lowest BCUT2D eigenvalue weighted by Crippen LogP contribution is -2.48. The molecule has 33 heavy (non-hydrogen) atoms. The van der Waals surface area contributed by atoms with Crippen molar-refractivity contribution in [3.63, 3.8) is 0 Å². The van der Waals surface area contributed by atoms with E-state index in [9.17, 15) is 14.4 Å². The number of esters is 1. The number of carbonyl (C=O) groups excluding carboxylic acids is 3. The normalized spacial score (nSPS) is 15.7. The number of nitrogens with zero attached hydrogens (tertiary/aromatic N) is 1. The Hall–Kier alpha value is -3.52. The van der Waals surface area contributed by atoms with Gasteiger partial charge in [0.15, 0.2) is 0 Å². The largest absolute Gasteiger partial charge is 0.463 e. The first-order chi connectivity index (χ1) is 15.8. The Balaban J connectivity index is 1.79. The van der Waals surface area contributed by atoms with E-state index in [0.717, 1.165) is 6.42 Å². The second kappa shape index (κ2) is 10.9. The Bertz CT molecular complexity index is 1070. The molecule has 1 aliphatic heterocycles. The van der Waals surface area contributed by atoms with E-state index in [0.29, 0.717) is 39.8 Å². The van der Waals surface area contributed by atoms with Gasteiger partial charge in [0.1, 0.15) is 0 Å². The van der Waals surface area contributed by atoms with Crippen LogP contribution in [0.3, 0.4) is 0 Å². The first kappa shape index (κ1) is 24.1. The quantitative estimate of drug-likeness (QED) is 0.478. The van der Waals surface area contributed by atoms with Crippen LogP contribution in [-0.2, 0) is 9.53 Å². The molecule has 9 heteroatoms. The molecule has 8 nitrogen and oxygen atoms in total. The number of rotatable bonds is 7. The number of urea groups is 2. The molecule has 0 aromatic heterocycles. The van der Waals surface area contributed by atoms with Gasteiger partial charge in [-0.3, -0.25) is 4.90 Å². The lowest BCUT2D eigenvalue weighted by Gasteiger charge is -2.35. The van der Waals surface area contributed by atoms with Crippen LogP contribution in [0.5, 0.6) is 0 Å². The van der Waals surface area contributed by atoms with Gasteiger partial charge >= 0.3 is 18.0 Å². The van der Waals surface area contributed by atoms with Crippen molar-refractivity contribution in [2.45, 2.75) is 33.2 Å². The predicted molar refractivity (Wildman–Crippen MR) is 128 cm³/mol. The molecule has 3 N–H and O–H groups in total. The summed E-state index contributed by atoms with van der Waals surface area (Å²) in [6.07, 6.45) is 0.753. The second-order valence-corrected chi connectivity index (χ2v) is 7.90. The molecule has 0 spiro atoms. The van der Waals surface area contributed by atoms with Gasteiger partial charge in [-0.1, -0.05) is 36.7 Å². The van der Waals surface area contributed by atoms with Crippen molar-refractivity contribution in [2.24, 2.45) is 0 Å². The molecule has 3 rings (SSSR count). The van der Waals surface area contributed by atoms with Crippen molar-refractivity contribution in [2.75, 3.05) is 23.8 Å². The Kier molecular flexibility index (Phi) is 7.95. The Labute approximate surface area is 197 Å². The SMILES string of the molecule is CCCN1C(=O)N[C@@H](c2ccc(NC(=O)Nc3cccc(Cl)c3)cc2)C(C(=O)OCC)=C1C. The van der Waals surface area contributed by atoms with Crippen LogP contribution in [0, 0.1) is 0 Å². The van der Waals surface area contributed by atoms with E-state index < -0.39 is 18.0 Å². The monoisotopic (exact) mass is 470 g/mol. The van der Waals surface area contributed by atoms with Crippen molar-refractivity contribution >= 4 is 41.0 Å².